The van der Waals surface area contributed by atoms with Gasteiger partial charge < -0.3 is 33.8 Å². The number of ether oxygens (including phenoxy) is 4. The first-order valence-electron chi connectivity index (χ1n) is 39.0. The summed E-state index contributed by atoms with van der Waals surface area (Å²) in [6.45, 7) is 9.52. The van der Waals surface area contributed by atoms with Gasteiger partial charge >= 0.3 is 39.5 Å². The summed E-state index contributed by atoms with van der Waals surface area (Å²) in [7, 11) is -9.89. The molecule has 0 rings (SSSR count). The average molecular weight is 1380 g/mol. The van der Waals surface area contributed by atoms with Crippen LogP contribution in [0.15, 0.2) is 0 Å². The van der Waals surface area contributed by atoms with Gasteiger partial charge in [0.1, 0.15) is 19.3 Å². The maximum Gasteiger partial charge on any atom is 0.472 e. The van der Waals surface area contributed by atoms with Crippen molar-refractivity contribution in [1.29, 1.82) is 0 Å². The molecule has 0 aromatic rings. The van der Waals surface area contributed by atoms with Crippen LogP contribution >= 0.6 is 15.6 Å². The number of aliphatic hydroxyl groups is 1. The third kappa shape index (κ3) is 68.6. The Morgan fingerprint density at radius 1 is 0.287 bits per heavy atom. The predicted octanol–water partition coefficient (Wildman–Crippen LogP) is 21.9. The molecule has 0 aliphatic heterocycles. The SMILES string of the molecule is CCCCCCCCCC(=O)O[C@H](COC(=O)CCCCCCC)COP(=O)(O)OC[C@H](O)COP(=O)(O)OC[C@@H](COC(=O)CCCCCCCCCCCCCCCCCCCCC(C)C)OC(=O)CCCCCCCCCCCCCCCCCCCCC(C)C. The third-order valence-corrected chi connectivity index (χ3v) is 19.4. The van der Waals surface area contributed by atoms with Crippen LogP contribution in [0.4, 0.5) is 0 Å². The van der Waals surface area contributed by atoms with E-state index in [1.807, 2.05) is 0 Å². The van der Waals surface area contributed by atoms with Gasteiger partial charge in [0.05, 0.1) is 26.4 Å². The summed E-state index contributed by atoms with van der Waals surface area (Å²) >= 11 is 0. The lowest BCUT2D eigenvalue weighted by molar-refractivity contribution is -0.161. The number of phosphoric acid groups is 2. The molecule has 0 bridgehead atoms. The number of hydrogen-bond acceptors (Lipinski definition) is 15. The van der Waals surface area contributed by atoms with Crippen LogP contribution in [0.5, 0.6) is 0 Å². The summed E-state index contributed by atoms with van der Waals surface area (Å²) in [5, 5.41) is 10.6. The second-order valence-corrected chi connectivity index (χ2v) is 30.9. The van der Waals surface area contributed by atoms with E-state index in [-0.39, 0.29) is 25.7 Å². The maximum atomic E-state index is 13.1. The molecule has 0 spiro atoms. The van der Waals surface area contributed by atoms with Crippen molar-refractivity contribution in [3.05, 3.63) is 0 Å². The first-order chi connectivity index (χ1) is 45.4. The summed E-state index contributed by atoms with van der Waals surface area (Å²) < 4.78 is 68.0. The van der Waals surface area contributed by atoms with E-state index in [0.717, 1.165) is 121 Å². The lowest BCUT2D eigenvalue weighted by Gasteiger charge is -2.21. The molecule has 5 atom stereocenters. The van der Waals surface area contributed by atoms with Crippen molar-refractivity contribution in [3.8, 4) is 0 Å². The standard InChI is InChI=1S/C75H146O17P2/c1-7-9-11-13-38-47-53-59-74(79)91-70(63-85-72(77)57-51-43-12-10-8-2)65-89-93(81,82)87-61-69(76)62-88-94(83,84)90-66-71(92-75(80)60-54-48-42-37-33-29-25-21-17-15-19-23-27-31-35-40-45-50-56-68(5)6)64-86-73(78)58-52-46-41-36-32-28-24-20-16-14-18-22-26-30-34-39-44-49-55-67(3)4/h67-71,76H,7-66H2,1-6H3,(H,81,82)(H,83,84)/t69-,70+,71+/m0/s1. The number of esters is 4. The van der Waals surface area contributed by atoms with Crippen LogP contribution < -0.4 is 0 Å². The van der Waals surface area contributed by atoms with Gasteiger partial charge in [-0.15, -0.1) is 0 Å². The lowest BCUT2D eigenvalue weighted by atomic mass is 10.0. The van der Waals surface area contributed by atoms with Gasteiger partial charge in [0.25, 0.3) is 0 Å². The molecule has 0 aliphatic carbocycles. The van der Waals surface area contributed by atoms with Crippen molar-refractivity contribution in [1.82, 2.24) is 0 Å². The van der Waals surface area contributed by atoms with Crippen LogP contribution in [-0.2, 0) is 65.4 Å². The quantitative estimate of drug-likeness (QED) is 0.0222. The zero-order chi connectivity index (χ0) is 69.3. The predicted molar refractivity (Wildman–Crippen MR) is 381 cm³/mol. The van der Waals surface area contributed by atoms with Crippen LogP contribution in [0.2, 0.25) is 0 Å². The highest BCUT2D eigenvalue weighted by atomic mass is 31.2. The second-order valence-electron chi connectivity index (χ2n) is 28.0. The number of unbranched alkanes of at least 4 members (excludes halogenated alkanes) is 44. The molecule has 0 fully saturated rings. The molecular weight excluding hydrogens is 1230 g/mol. The molecule has 94 heavy (non-hydrogen) atoms. The highest BCUT2D eigenvalue weighted by Gasteiger charge is 2.30. The first-order valence-corrected chi connectivity index (χ1v) is 42.0. The van der Waals surface area contributed by atoms with Crippen molar-refractivity contribution < 1.29 is 80.2 Å². The Labute approximate surface area is 575 Å². The Hall–Kier alpha value is -1.94. The molecule has 0 saturated carbocycles. The van der Waals surface area contributed by atoms with E-state index in [1.54, 1.807) is 0 Å². The van der Waals surface area contributed by atoms with Crippen molar-refractivity contribution in [2.45, 2.75) is 407 Å². The third-order valence-electron chi connectivity index (χ3n) is 17.5. The van der Waals surface area contributed by atoms with Gasteiger partial charge in [-0.05, 0) is 37.5 Å². The van der Waals surface area contributed by atoms with E-state index in [1.165, 1.54) is 186 Å². The van der Waals surface area contributed by atoms with Crippen molar-refractivity contribution in [3.63, 3.8) is 0 Å². The fraction of sp³-hybridized carbons (Fsp3) is 0.947. The minimum absolute atomic E-state index is 0.103. The van der Waals surface area contributed by atoms with Gasteiger partial charge in [-0.3, -0.25) is 37.3 Å². The normalized spacial score (nSPS) is 14.0. The number of phosphoric ester groups is 2. The first kappa shape index (κ1) is 92.1. The fourth-order valence-corrected chi connectivity index (χ4v) is 13.1. The average Bonchev–Trinajstić information content (AvgIpc) is 1.41. The van der Waals surface area contributed by atoms with Gasteiger partial charge in [-0.1, -0.05) is 337 Å². The lowest BCUT2D eigenvalue weighted by Crippen LogP contribution is -2.30. The van der Waals surface area contributed by atoms with Crippen molar-refractivity contribution >= 4 is 39.5 Å². The molecule has 19 heteroatoms. The van der Waals surface area contributed by atoms with Gasteiger partial charge in [0.15, 0.2) is 12.2 Å². The molecule has 0 amide bonds. The van der Waals surface area contributed by atoms with Gasteiger partial charge in [-0.2, -0.15) is 0 Å². The minimum Gasteiger partial charge on any atom is -0.462 e. The molecule has 558 valence electrons. The van der Waals surface area contributed by atoms with Crippen LogP contribution in [0.3, 0.4) is 0 Å². The molecular formula is C75H146O17P2. The molecule has 0 heterocycles. The summed E-state index contributed by atoms with van der Waals surface area (Å²) in [5.41, 5.74) is 0. The van der Waals surface area contributed by atoms with E-state index in [2.05, 4.69) is 41.5 Å². The Balaban J connectivity index is 5.05. The largest absolute Gasteiger partial charge is 0.472 e. The van der Waals surface area contributed by atoms with E-state index in [0.29, 0.717) is 25.7 Å². The molecule has 0 aliphatic rings. The number of rotatable bonds is 74. The van der Waals surface area contributed by atoms with Gasteiger partial charge in [-0.25, -0.2) is 9.13 Å². The number of carbonyl (C=O) groups is 4. The van der Waals surface area contributed by atoms with Crippen LogP contribution in [0.1, 0.15) is 388 Å². The summed E-state index contributed by atoms with van der Waals surface area (Å²) in [4.78, 5) is 72.2. The smallest absolute Gasteiger partial charge is 0.462 e. The number of carbonyl (C=O) groups excluding carboxylic acids is 4. The fourth-order valence-electron chi connectivity index (χ4n) is 11.5. The zero-order valence-electron chi connectivity index (χ0n) is 61.3. The number of aliphatic hydroxyl groups excluding tert-OH is 1. The van der Waals surface area contributed by atoms with E-state index >= 15 is 0 Å². The molecule has 0 radical (unpaired) electrons. The van der Waals surface area contributed by atoms with E-state index in [9.17, 15) is 43.2 Å². The molecule has 17 nitrogen and oxygen atoms in total. The van der Waals surface area contributed by atoms with Gasteiger partial charge in [0, 0.05) is 25.7 Å². The van der Waals surface area contributed by atoms with E-state index in [4.69, 9.17) is 37.0 Å². The Morgan fingerprint density at radius 3 is 0.723 bits per heavy atom. The second kappa shape index (κ2) is 66.9. The molecule has 2 unspecified atom stereocenters. The molecule has 0 saturated heterocycles. The zero-order valence-corrected chi connectivity index (χ0v) is 63.1. The van der Waals surface area contributed by atoms with Crippen LogP contribution in [0.25, 0.3) is 0 Å². The topological polar surface area (TPSA) is 237 Å². The molecule has 3 N–H and O–H groups in total. The van der Waals surface area contributed by atoms with Crippen molar-refractivity contribution in [2.24, 2.45) is 11.8 Å². The monoisotopic (exact) mass is 1380 g/mol. The van der Waals surface area contributed by atoms with Gasteiger partial charge in [0.2, 0.25) is 0 Å². The summed E-state index contributed by atoms with van der Waals surface area (Å²) in [6, 6.07) is 0. The van der Waals surface area contributed by atoms with E-state index < -0.39 is 97.5 Å². The minimum atomic E-state index is -4.95. The summed E-state index contributed by atoms with van der Waals surface area (Å²) in [6.07, 6.45) is 55.0. The Kier molecular flexibility index (Phi) is 65.5. The molecule has 0 aromatic carbocycles. The maximum absolute atomic E-state index is 13.1. The molecule has 0 aromatic heterocycles. The Morgan fingerprint density at radius 2 is 0.489 bits per heavy atom. The number of hydrogen-bond donors (Lipinski definition) is 3. The van der Waals surface area contributed by atoms with Crippen LogP contribution in [0, 0.1) is 11.8 Å². The van der Waals surface area contributed by atoms with Crippen molar-refractivity contribution in [2.75, 3.05) is 39.6 Å². The highest BCUT2D eigenvalue weighted by molar-refractivity contribution is 7.47. The van der Waals surface area contributed by atoms with Crippen LogP contribution in [-0.4, -0.2) is 96.7 Å². The Bertz CT molecular complexity index is 1820. The highest BCUT2D eigenvalue weighted by Crippen LogP contribution is 2.45. The summed E-state index contributed by atoms with van der Waals surface area (Å²) in [5.74, 6) is -0.492.